The van der Waals surface area contributed by atoms with Crippen molar-refractivity contribution in [2.75, 3.05) is 36.2 Å². The number of fused-ring (bicyclic) bond motifs is 1. The fourth-order valence-corrected chi connectivity index (χ4v) is 3.51. The molecule has 0 saturated carbocycles. The van der Waals surface area contributed by atoms with Gasteiger partial charge in [-0.05, 0) is 25.0 Å². The molecule has 0 amide bonds. The number of nitrogens with two attached hydrogens (primary N) is 1. The number of rotatable bonds is 8. The molecule has 0 spiro atoms. The van der Waals surface area contributed by atoms with E-state index in [1.54, 1.807) is 31.8 Å². The van der Waals surface area contributed by atoms with Gasteiger partial charge < -0.3 is 25.3 Å². The Kier molecular flexibility index (Phi) is 6.28. The highest BCUT2D eigenvalue weighted by Crippen LogP contribution is 2.33. The number of anilines is 5. The van der Waals surface area contributed by atoms with Crippen molar-refractivity contribution in [1.29, 1.82) is 5.26 Å². The summed E-state index contributed by atoms with van der Waals surface area (Å²) in [5.74, 6) is 1.61. The second kappa shape index (κ2) is 9.46. The van der Waals surface area contributed by atoms with Crippen molar-refractivity contribution in [3.8, 4) is 6.07 Å². The Morgan fingerprint density at radius 3 is 2.79 bits per heavy atom. The van der Waals surface area contributed by atoms with Crippen LogP contribution in [0.5, 0.6) is 0 Å². The third-order valence-corrected chi connectivity index (χ3v) is 5.10. The first-order chi connectivity index (χ1) is 16.0. The Morgan fingerprint density at radius 1 is 1.21 bits per heavy atom. The molecule has 0 atom stereocenters. The summed E-state index contributed by atoms with van der Waals surface area (Å²) in [6.45, 7) is 3.18. The molecule has 0 unspecified atom stereocenters. The first-order valence-electron chi connectivity index (χ1n) is 10.3. The van der Waals surface area contributed by atoms with Gasteiger partial charge >= 0.3 is 0 Å². The fraction of sp³-hybridized carbons (Fsp3) is 0.273. The lowest BCUT2D eigenvalue weighted by Gasteiger charge is -2.26. The third-order valence-electron chi connectivity index (χ3n) is 5.10. The second-order valence-corrected chi connectivity index (χ2v) is 7.47. The lowest BCUT2D eigenvalue weighted by atomic mass is 10.2. The number of nitrogens with one attached hydrogen (secondary N) is 1. The highest BCUT2D eigenvalue weighted by Gasteiger charge is 2.19. The number of imidazole rings is 1. The summed E-state index contributed by atoms with van der Waals surface area (Å²) < 4.78 is 7.12. The monoisotopic (exact) mass is 444 g/mol. The molecule has 0 aliphatic rings. The number of nitrogen functional groups attached to an aromatic ring is 1. The number of nitriles is 1. The molecule has 4 aromatic rings. The predicted octanol–water partition coefficient (Wildman–Crippen LogP) is 2.83. The lowest BCUT2D eigenvalue weighted by molar-refractivity contribution is 0.196. The van der Waals surface area contributed by atoms with Gasteiger partial charge in [-0.2, -0.15) is 5.26 Å². The molecule has 0 aliphatic heterocycles. The number of hydrogen-bond acceptors (Lipinski definition) is 10. The van der Waals surface area contributed by atoms with Crippen LogP contribution in [0.15, 0.2) is 37.1 Å². The van der Waals surface area contributed by atoms with Gasteiger partial charge in [0.2, 0.25) is 0 Å². The number of hydrogen-bond donors (Lipinski definition) is 2. The van der Waals surface area contributed by atoms with E-state index in [1.807, 2.05) is 24.6 Å². The molecule has 0 fully saturated rings. The van der Waals surface area contributed by atoms with Crippen LogP contribution in [0.1, 0.15) is 17.7 Å². The molecule has 4 heterocycles. The zero-order chi connectivity index (χ0) is 23.4. The van der Waals surface area contributed by atoms with Gasteiger partial charge in [-0.3, -0.25) is 0 Å². The van der Waals surface area contributed by atoms with Crippen LogP contribution in [-0.4, -0.2) is 49.7 Å². The summed E-state index contributed by atoms with van der Waals surface area (Å²) in [6, 6.07) is 7.42. The Balaban J connectivity index is 1.83. The first-order valence-corrected chi connectivity index (χ1v) is 10.3. The Labute approximate surface area is 190 Å². The first kappa shape index (κ1) is 21.9. The fourth-order valence-electron chi connectivity index (χ4n) is 3.51. The van der Waals surface area contributed by atoms with E-state index in [0.29, 0.717) is 47.5 Å². The minimum atomic E-state index is 0.361. The van der Waals surface area contributed by atoms with Gasteiger partial charge in [0, 0.05) is 39.4 Å². The number of ether oxygens (including phenoxy) is 1. The molecule has 0 bridgehead atoms. The molecule has 11 heteroatoms. The molecule has 3 N–H and O–H groups in total. The van der Waals surface area contributed by atoms with Gasteiger partial charge in [0.15, 0.2) is 5.65 Å². The average molecular weight is 445 g/mol. The normalized spacial score (nSPS) is 10.8. The van der Waals surface area contributed by atoms with E-state index in [9.17, 15) is 5.26 Å². The standard InChI is InChI=1S/C22H24N10O/c1-14-7-15(10-23)25-11-17(14)32(5-4-6-33-3)20-8-16(21-22(30-20)31(2)13-28-21)29-19-9-18(24)26-12-27-19/h7-9,11-13H,4-6H2,1-3H3,(H3,24,26,27,29,30). The van der Waals surface area contributed by atoms with Crippen LogP contribution in [0, 0.1) is 18.3 Å². The number of nitrogens with zero attached hydrogens (tertiary/aromatic N) is 8. The number of methoxy groups -OCH3 is 1. The van der Waals surface area contributed by atoms with Crippen LogP contribution in [0.4, 0.5) is 28.8 Å². The van der Waals surface area contributed by atoms with E-state index in [-0.39, 0.29) is 0 Å². The lowest BCUT2D eigenvalue weighted by Crippen LogP contribution is -2.22. The molecule has 0 radical (unpaired) electrons. The summed E-state index contributed by atoms with van der Waals surface area (Å²) in [7, 11) is 3.57. The zero-order valence-corrected chi connectivity index (χ0v) is 18.6. The highest BCUT2D eigenvalue weighted by molar-refractivity contribution is 5.90. The number of pyridine rings is 2. The molecule has 0 aromatic carbocycles. The van der Waals surface area contributed by atoms with Gasteiger partial charge in [-0.25, -0.2) is 24.9 Å². The maximum atomic E-state index is 9.21. The van der Waals surface area contributed by atoms with Gasteiger partial charge in [0.05, 0.1) is 23.9 Å². The summed E-state index contributed by atoms with van der Waals surface area (Å²) >= 11 is 0. The Bertz CT molecular complexity index is 1330. The molecule has 11 nitrogen and oxygen atoms in total. The van der Waals surface area contributed by atoms with Crippen molar-refractivity contribution in [3.05, 3.63) is 48.3 Å². The largest absolute Gasteiger partial charge is 0.385 e. The molecular formula is C22H24N10O. The Hall–Kier alpha value is -4.30. The SMILES string of the molecule is COCCCN(c1cc(Nc2cc(N)ncn2)c2ncn(C)c2n1)c1cnc(C#N)cc1C. The summed E-state index contributed by atoms with van der Waals surface area (Å²) in [5, 5.41) is 12.5. The van der Waals surface area contributed by atoms with Gasteiger partial charge in [-0.15, -0.1) is 0 Å². The second-order valence-electron chi connectivity index (χ2n) is 7.47. The van der Waals surface area contributed by atoms with Crippen LogP contribution in [0.2, 0.25) is 0 Å². The smallest absolute Gasteiger partial charge is 0.164 e. The molecular weight excluding hydrogens is 420 g/mol. The van der Waals surface area contributed by atoms with Gasteiger partial charge in [0.1, 0.15) is 41.1 Å². The maximum Gasteiger partial charge on any atom is 0.164 e. The maximum absolute atomic E-state index is 9.21. The number of aromatic nitrogens is 6. The van der Waals surface area contributed by atoms with Gasteiger partial charge in [-0.1, -0.05) is 0 Å². The van der Waals surface area contributed by atoms with Crippen molar-refractivity contribution in [3.63, 3.8) is 0 Å². The Morgan fingerprint density at radius 2 is 2.06 bits per heavy atom. The van der Waals surface area contributed by atoms with Crippen LogP contribution < -0.4 is 16.0 Å². The minimum Gasteiger partial charge on any atom is -0.385 e. The quantitative estimate of drug-likeness (QED) is 0.389. The van der Waals surface area contributed by atoms with Crippen molar-refractivity contribution < 1.29 is 4.74 Å². The average Bonchev–Trinajstić information content (AvgIpc) is 3.18. The molecule has 4 rings (SSSR count). The predicted molar refractivity (Wildman–Crippen MR) is 125 cm³/mol. The van der Waals surface area contributed by atoms with E-state index in [1.165, 1.54) is 6.33 Å². The van der Waals surface area contributed by atoms with Crippen LogP contribution in [0.3, 0.4) is 0 Å². The van der Waals surface area contributed by atoms with Crippen molar-refractivity contribution >= 4 is 40.0 Å². The topological polar surface area (TPSA) is 144 Å². The summed E-state index contributed by atoms with van der Waals surface area (Å²) in [6.07, 6.45) is 5.59. The van der Waals surface area contributed by atoms with Gasteiger partial charge in [0.25, 0.3) is 0 Å². The van der Waals surface area contributed by atoms with E-state index < -0.39 is 0 Å². The van der Waals surface area contributed by atoms with E-state index in [0.717, 1.165) is 23.4 Å². The highest BCUT2D eigenvalue weighted by atomic mass is 16.5. The molecule has 4 aromatic heterocycles. The number of aryl methyl sites for hydroxylation is 2. The zero-order valence-electron chi connectivity index (χ0n) is 18.6. The molecule has 0 aliphatic carbocycles. The van der Waals surface area contributed by atoms with Crippen LogP contribution >= 0.6 is 0 Å². The van der Waals surface area contributed by atoms with Crippen LogP contribution in [0.25, 0.3) is 11.2 Å². The third kappa shape index (κ3) is 4.65. The minimum absolute atomic E-state index is 0.361. The van der Waals surface area contributed by atoms with Crippen molar-refractivity contribution in [2.45, 2.75) is 13.3 Å². The van der Waals surface area contributed by atoms with E-state index in [2.05, 4.69) is 36.2 Å². The summed E-state index contributed by atoms with van der Waals surface area (Å²) in [4.78, 5) is 23.9. The molecule has 33 heavy (non-hydrogen) atoms. The van der Waals surface area contributed by atoms with Crippen molar-refractivity contribution in [1.82, 2.24) is 29.5 Å². The van der Waals surface area contributed by atoms with Crippen LogP contribution in [-0.2, 0) is 11.8 Å². The van der Waals surface area contributed by atoms with Crippen molar-refractivity contribution in [2.24, 2.45) is 7.05 Å². The van der Waals surface area contributed by atoms with E-state index in [4.69, 9.17) is 15.5 Å². The van der Waals surface area contributed by atoms with E-state index >= 15 is 0 Å². The molecule has 168 valence electrons. The summed E-state index contributed by atoms with van der Waals surface area (Å²) in [5.41, 5.74) is 10.1. The molecule has 0 saturated heterocycles.